The van der Waals surface area contributed by atoms with Gasteiger partial charge in [-0.3, -0.25) is 4.98 Å². The number of ether oxygens (including phenoxy) is 1. The summed E-state index contributed by atoms with van der Waals surface area (Å²) in [7, 11) is -4.15. The second-order valence-corrected chi connectivity index (χ2v) is 7.27. The molecule has 0 radical (unpaired) electrons. The molecule has 0 bridgehead atoms. The van der Waals surface area contributed by atoms with Crippen LogP contribution in [0.3, 0.4) is 0 Å². The van der Waals surface area contributed by atoms with Crippen molar-refractivity contribution in [1.82, 2.24) is 4.98 Å². The first-order valence-corrected chi connectivity index (χ1v) is 9.42. The Hall–Kier alpha value is -2.31. The average molecular weight is 378 g/mol. The van der Waals surface area contributed by atoms with Crippen molar-refractivity contribution in [1.29, 1.82) is 0 Å². The normalized spacial score (nSPS) is 11.5. The Bertz CT molecular complexity index is 1030. The van der Waals surface area contributed by atoms with E-state index in [0.29, 0.717) is 17.1 Å². The molecule has 0 aliphatic rings. The predicted octanol–water partition coefficient (Wildman–Crippen LogP) is 4.36. The van der Waals surface area contributed by atoms with Crippen molar-refractivity contribution in [3.05, 3.63) is 59.2 Å². The maximum atomic E-state index is 12.8. The van der Waals surface area contributed by atoms with E-state index in [1.54, 1.807) is 44.3 Å². The molecule has 0 saturated carbocycles. The summed E-state index contributed by atoms with van der Waals surface area (Å²) < 4.78 is 36.4. The number of rotatable bonds is 5. The van der Waals surface area contributed by atoms with Crippen molar-refractivity contribution in [2.24, 2.45) is 0 Å². The third-order valence-corrected chi connectivity index (χ3v) is 5.25. The summed E-state index contributed by atoms with van der Waals surface area (Å²) in [5.74, 6) is 0.356. The Morgan fingerprint density at radius 2 is 1.88 bits per heavy atom. The van der Waals surface area contributed by atoms with Crippen molar-refractivity contribution in [3.63, 3.8) is 0 Å². The van der Waals surface area contributed by atoms with E-state index in [-0.39, 0.29) is 16.4 Å². The maximum absolute atomic E-state index is 12.8. The lowest BCUT2D eigenvalue weighted by molar-refractivity contribution is 0.329. The fourth-order valence-electron chi connectivity index (χ4n) is 2.41. The fourth-order valence-corrected chi connectivity index (χ4v) is 3.72. The van der Waals surface area contributed by atoms with Gasteiger partial charge in [-0.05, 0) is 43.7 Å². The number of halogens is 1. The van der Waals surface area contributed by atoms with E-state index in [1.807, 2.05) is 12.1 Å². The molecule has 0 atom stereocenters. The molecule has 1 heterocycles. The van der Waals surface area contributed by atoms with Crippen LogP contribution < -0.4 is 8.92 Å². The van der Waals surface area contributed by atoms with E-state index in [9.17, 15) is 8.42 Å². The number of pyridine rings is 1. The number of aryl methyl sites for hydroxylation is 1. The molecule has 25 heavy (non-hydrogen) atoms. The summed E-state index contributed by atoms with van der Waals surface area (Å²) in [6.45, 7) is 3.87. The first kappa shape index (κ1) is 17.5. The van der Waals surface area contributed by atoms with E-state index in [1.165, 1.54) is 6.07 Å². The van der Waals surface area contributed by atoms with Crippen molar-refractivity contribution in [3.8, 4) is 11.5 Å². The first-order chi connectivity index (χ1) is 11.9. The summed E-state index contributed by atoms with van der Waals surface area (Å²) in [4.78, 5) is 4.09. The molecule has 0 saturated heterocycles. The van der Waals surface area contributed by atoms with Crippen molar-refractivity contribution in [2.75, 3.05) is 6.61 Å². The Balaban J connectivity index is 2.09. The molecular weight excluding hydrogens is 362 g/mol. The summed E-state index contributed by atoms with van der Waals surface area (Å²) >= 11 is 6.10. The van der Waals surface area contributed by atoms with Gasteiger partial charge in [0, 0.05) is 16.6 Å². The molecule has 0 fully saturated rings. The van der Waals surface area contributed by atoms with Gasteiger partial charge in [0.2, 0.25) is 0 Å². The zero-order chi connectivity index (χ0) is 18.0. The van der Waals surface area contributed by atoms with E-state index in [4.69, 9.17) is 20.5 Å². The molecular formula is C18H16ClNO4S. The molecule has 2 aromatic carbocycles. The van der Waals surface area contributed by atoms with E-state index in [0.717, 1.165) is 10.9 Å². The highest BCUT2D eigenvalue weighted by Gasteiger charge is 2.24. The molecule has 1 aromatic heterocycles. The van der Waals surface area contributed by atoms with Crippen molar-refractivity contribution < 1.29 is 17.3 Å². The van der Waals surface area contributed by atoms with Gasteiger partial charge in [-0.1, -0.05) is 29.8 Å². The Morgan fingerprint density at radius 1 is 1.12 bits per heavy atom. The van der Waals surface area contributed by atoms with Crippen molar-refractivity contribution >= 4 is 32.6 Å². The van der Waals surface area contributed by atoms with Gasteiger partial charge in [-0.2, -0.15) is 8.42 Å². The number of hydrogen-bond acceptors (Lipinski definition) is 5. The highest BCUT2D eigenvalue weighted by molar-refractivity contribution is 7.87. The van der Waals surface area contributed by atoms with Crippen LogP contribution in [0.25, 0.3) is 10.9 Å². The summed E-state index contributed by atoms with van der Waals surface area (Å²) in [5, 5.41) is 1.10. The molecule has 0 aliphatic heterocycles. The number of fused-ring (bicyclic) bond motifs is 1. The smallest absolute Gasteiger partial charge is 0.343 e. The van der Waals surface area contributed by atoms with Crippen LogP contribution in [-0.2, 0) is 10.1 Å². The number of nitrogens with zero attached hydrogens (tertiary/aromatic N) is 1. The first-order valence-electron chi connectivity index (χ1n) is 7.63. The molecule has 3 aromatic rings. The van der Waals surface area contributed by atoms with Crippen LogP contribution in [0.5, 0.6) is 11.5 Å². The van der Waals surface area contributed by atoms with Crippen LogP contribution in [0.1, 0.15) is 12.5 Å². The minimum atomic E-state index is -4.15. The molecule has 5 nitrogen and oxygen atoms in total. The standard InChI is InChI=1S/C18H16ClNO4S/c1-3-23-16-10-12(2)14(19)11-17(16)25(21,22)24-15-8-4-6-13-7-5-9-20-18(13)15/h4-11H,3H2,1-2H3. The quantitative estimate of drug-likeness (QED) is 0.618. The molecule has 0 amide bonds. The lowest BCUT2D eigenvalue weighted by Crippen LogP contribution is -2.12. The molecule has 130 valence electrons. The molecule has 0 spiro atoms. The molecule has 0 unspecified atom stereocenters. The van der Waals surface area contributed by atoms with Crippen LogP contribution in [0.2, 0.25) is 5.02 Å². The number of benzene rings is 2. The van der Waals surface area contributed by atoms with Gasteiger partial charge in [0.05, 0.1) is 6.61 Å². The maximum Gasteiger partial charge on any atom is 0.343 e. The highest BCUT2D eigenvalue weighted by Crippen LogP contribution is 2.33. The minimum absolute atomic E-state index is 0.113. The average Bonchev–Trinajstić information content (AvgIpc) is 2.58. The van der Waals surface area contributed by atoms with Gasteiger partial charge < -0.3 is 8.92 Å². The van der Waals surface area contributed by atoms with Gasteiger partial charge in [0.25, 0.3) is 0 Å². The molecule has 0 N–H and O–H groups in total. The Morgan fingerprint density at radius 3 is 2.64 bits per heavy atom. The third kappa shape index (κ3) is 3.55. The molecule has 7 heteroatoms. The minimum Gasteiger partial charge on any atom is -0.492 e. The van der Waals surface area contributed by atoms with E-state index >= 15 is 0 Å². The Labute approximate surface area is 151 Å². The molecule has 3 rings (SSSR count). The van der Waals surface area contributed by atoms with Gasteiger partial charge in [0.15, 0.2) is 5.75 Å². The second-order valence-electron chi connectivity index (χ2n) is 5.35. The van der Waals surface area contributed by atoms with Gasteiger partial charge in [-0.15, -0.1) is 0 Å². The van der Waals surface area contributed by atoms with Gasteiger partial charge in [0.1, 0.15) is 16.2 Å². The number of hydrogen-bond donors (Lipinski definition) is 0. The van der Waals surface area contributed by atoms with Crippen LogP contribution in [0, 0.1) is 6.92 Å². The van der Waals surface area contributed by atoms with Crippen LogP contribution in [-0.4, -0.2) is 20.0 Å². The summed E-state index contributed by atoms with van der Waals surface area (Å²) in [5.41, 5.74) is 1.18. The van der Waals surface area contributed by atoms with E-state index in [2.05, 4.69) is 4.98 Å². The molecule has 0 aliphatic carbocycles. The largest absolute Gasteiger partial charge is 0.492 e. The number of para-hydroxylation sites is 1. The third-order valence-electron chi connectivity index (χ3n) is 3.59. The van der Waals surface area contributed by atoms with Crippen LogP contribution in [0.4, 0.5) is 0 Å². The topological polar surface area (TPSA) is 65.5 Å². The summed E-state index contributed by atoms with van der Waals surface area (Å²) in [6, 6.07) is 11.6. The summed E-state index contributed by atoms with van der Waals surface area (Å²) in [6.07, 6.45) is 1.58. The lowest BCUT2D eigenvalue weighted by Gasteiger charge is -2.14. The Kier molecular flexibility index (Phi) is 4.83. The number of aromatic nitrogens is 1. The van der Waals surface area contributed by atoms with Gasteiger partial charge in [-0.25, -0.2) is 0 Å². The van der Waals surface area contributed by atoms with Crippen molar-refractivity contribution in [2.45, 2.75) is 18.7 Å². The van der Waals surface area contributed by atoms with Crippen LogP contribution in [0.15, 0.2) is 53.6 Å². The SMILES string of the molecule is CCOc1cc(C)c(Cl)cc1S(=O)(=O)Oc1cccc2cccnc12. The zero-order valence-electron chi connectivity index (χ0n) is 13.7. The lowest BCUT2D eigenvalue weighted by atomic mass is 10.2. The second kappa shape index (κ2) is 6.90. The monoisotopic (exact) mass is 377 g/mol. The van der Waals surface area contributed by atoms with Crippen LogP contribution >= 0.6 is 11.6 Å². The highest BCUT2D eigenvalue weighted by atomic mass is 35.5. The fraction of sp³-hybridized carbons (Fsp3) is 0.167. The predicted molar refractivity (Wildman–Crippen MR) is 96.9 cm³/mol. The van der Waals surface area contributed by atoms with Gasteiger partial charge >= 0.3 is 10.1 Å². The zero-order valence-corrected chi connectivity index (χ0v) is 15.3. The van der Waals surface area contributed by atoms with E-state index < -0.39 is 10.1 Å².